The number of urea groups is 1. The van der Waals surface area contributed by atoms with E-state index in [0.29, 0.717) is 13.0 Å². The van der Waals surface area contributed by atoms with Crippen LogP contribution in [-0.4, -0.2) is 29.9 Å². The second kappa shape index (κ2) is 7.61. The Morgan fingerprint density at radius 2 is 2.23 bits per heavy atom. The van der Waals surface area contributed by atoms with E-state index in [0.717, 1.165) is 23.8 Å². The van der Waals surface area contributed by atoms with Gasteiger partial charge in [-0.25, -0.2) is 4.79 Å². The third-order valence-corrected chi connectivity index (χ3v) is 4.05. The molecule has 122 valence electrons. The number of benzene rings is 1. The molecule has 3 N–H and O–H groups in total. The summed E-state index contributed by atoms with van der Waals surface area (Å²) >= 11 is 0. The van der Waals surface area contributed by atoms with E-state index in [-0.39, 0.29) is 12.6 Å². The maximum atomic E-state index is 12.0. The maximum absolute atomic E-state index is 12.0. The summed E-state index contributed by atoms with van der Waals surface area (Å²) in [7, 11) is 0. The summed E-state index contributed by atoms with van der Waals surface area (Å²) in [5.41, 5.74) is 1.16. The summed E-state index contributed by atoms with van der Waals surface area (Å²) in [6.07, 6.45) is 3.22. The first-order valence-electron chi connectivity index (χ1n) is 7.91. The first-order chi connectivity index (χ1) is 10.5. The summed E-state index contributed by atoms with van der Waals surface area (Å²) in [5, 5.41) is 14.9. The summed E-state index contributed by atoms with van der Waals surface area (Å²) in [5.74, 6) is 0.747. The smallest absolute Gasteiger partial charge is 0.319 e. The van der Waals surface area contributed by atoms with Gasteiger partial charge in [-0.1, -0.05) is 19.1 Å². The molecule has 22 heavy (non-hydrogen) atoms. The van der Waals surface area contributed by atoms with Gasteiger partial charge in [0.05, 0.1) is 18.8 Å². The Morgan fingerprint density at radius 3 is 2.86 bits per heavy atom. The number of carbonyl (C=O) groups is 1. The van der Waals surface area contributed by atoms with Gasteiger partial charge < -0.3 is 20.5 Å². The number of ether oxygens (including phenoxy) is 1. The Hall–Kier alpha value is -1.59. The molecule has 1 aliphatic rings. The molecule has 1 aromatic carbocycles. The van der Waals surface area contributed by atoms with E-state index in [1.165, 1.54) is 12.8 Å². The molecule has 1 aromatic rings. The highest BCUT2D eigenvalue weighted by Crippen LogP contribution is 2.29. The fourth-order valence-corrected chi connectivity index (χ4v) is 2.04. The number of hydrogen-bond donors (Lipinski definition) is 3. The van der Waals surface area contributed by atoms with Gasteiger partial charge in [0.15, 0.2) is 0 Å². The van der Waals surface area contributed by atoms with Crippen LogP contribution in [0.15, 0.2) is 24.3 Å². The largest absolute Gasteiger partial charge is 0.394 e. The number of aliphatic hydroxyl groups is 1. The van der Waals surface area contributed by atoms with Crippen LogP contribution in [-0.2, 0) is 11.3 Å². The van der Waals surface area contributed by atoms with Crippen LogP contribution in [0.2, 0.25) is 0 Å². The van der Waals surface area contributed by atoms with Crippen molar-refractivity contribution in [2.24, 2.45) is 5.92 Å². The van der Waals surface area contributed by atoms with Crippen LogP contribution in [0, 0.1) is 5.92 Å². The molecule has 2 rings (SSSR count). The number of hydrogen-bond acceptors (Lipinski definition) is 3. The SMILES string of the molecule is CCC(C)(CO)NC(=O)Nc1cccc(COCC2CC2)c1. The maximum Gasteiger partial charge on any atom is 0.319 e. The number of anilines is 1. The lowest BCUT2D eigenvalue weighted by Gasteiger charge is -2.27. The Morgan fingerprint density at radius 1 is 1.45 bits per heavy atom. The van der Waals surface area contributed by atoms with Gasteiger partial charge in [0, 0.05) is 12.3 Å². The zero-order valence-corrected chi connectivity index (χ0v) is 13.4. The van der Waals surface area contributed by atoms with Crippen LogP contribution < -0.4 is 10.6 Å². The molecule has 0 aliphatic heterocycles. The molecular formula is C17H26N2O3. The molecule has 1 aliphatic carbocycles. The van der Waals surface area contributed by atoms with Crippen LogP contribution in [0.4, 0.5) is 10.5 Å². The van der Waals surface area contributed by atoms with Crippen molar-refractivity contribution in [1.82, 2.24) is 5.32 Å². The standard InChI is InChI=1S/C17H26N2O3/c1-3-17(2,12-20)19-16(21)18-15-6-4-5-14(9-15)11-22-10-13-7-8-13/h4-6,9,13,20H,3,7-8,10-12H2,1-2H3,(H2,18,19,21). The van der Waals surface area contributed by atoms with Crippen molar-refractivity contribution in [3.05, 3.63) is 29.8 Å². The van der Waals surface area contributed by atoms with E-state index >= 15 is 0 Å². The lowest BCUT2D eigenvalue weighted by atomic mass is 10.0. The van der Waals surface area contributed by atoms with Gasteiger partial charge in [-0.2, -0.15) is 0 Å². The first kappa shape index (κ1) is 16.8. The predicted octanol–water partition coefficient (Wildman–Crippen LogP) is 2.90. The Kier molecular flexibility index (Phi) is 5.80. The average Bonchev–Trinajstić information content (AvgIpc) is 3.31. The number of aliphatic hydroxyl groups excluding tert-OH is 1. The van der Waals surface area contributed by atoms with Crippen molar-refractivity contribution < 1.29 is 14.6 Å². The molecule has 5 nitrogen and oxygen atoms in total. The minimum absolute atomic E-state index is 0.0913. The van der Waals surface area contributed by atoms with E-state index in [2.05, 4.69) is 10.6 Å². The quantitative estimate of drug-likeness (QED) is 0.691. The Labute approximate surface area is 132 Å². The van der Waals surface area contributed by atoms with Gasteiger partial charge in [-0.15, -0.1) is 0 Å². The lowest BCUT2D eigenvalue weighted by molar-refractivity contribution is 0.111. The zero-order chi connectivity index (χ0) is 16.0. The molecule has 1 fully saturated rings. The summed E-state index contributed by atoms with van der Waals surface area (Å²) in [6, 6.07) is 7.33. The van der Waals surface area contributed by atoms with Crippen molar-refractivity contribution in [2.45, 2.75) is 45.3 Å². The van der Waals surface area contributed by atoms with Crippen molar-refractivity contribution in [2.75, 3.05) is 18.5 Å². The molecular weight excluding hydrogens is 280 g/mol. The topological polar surface area (TPSA) is 70.6 Å². The van der Waals surface area contributed by atoms with Gasteiger partial charge in [0.2, 0.25) is 0 Å². The number of amides is 2. The van der Waals surface area contributed by atoms with Gasteiger partial charge in [0.25, 0.3) is 0 Å². The highest BCUT2D eigenvalue weighted by atomic mass is 16.5. The van der Waals surface area contributed by atoms with E-state index in [9.17, 15) is 9.90 Å². The van der Waals surface area contributed by atoms with Crippen molar-refractivity contribution >= 4 is 11.7 Å². The van der Waals surface area contributed by atoms with Gasteiger partial charge in [0.1, 0.15) is 0 Å². The molecule has 1 atom stereocenters. The molecule has 0 saturated heterocycles. The zero-order valence-electron chi connectivity index (χ0n) is 13.4. The summed E-state index contributed by atoms with van der Waals surface area (Å²) in [6.45, 7) is 5.04. The molecule has 1 saturated carbocycles. The summed E-state index contributed by atoms with van der Waals surface area (Å²) < 4.78 is 5.66. The normalized spacial score (nSPS) is 16.9. The number of rotatable bonds is 8. The Bertz CT molecular complexity index is 496. The van der Waals surface area contributed by atoms with Gasteiger partial charge in [-0.3, -0.25) is 0 Å². The van der Waals surface area contributed by atoms with E-state index in [4.69, 9.17) is 4.74 Å². The van der Waals surface area contributed by atoms with E-state index < -0.39 is 5.54 Å². The van der Waals surface area contributed by atoms with Crippen molar-refractivity contribution in [1.29, 1.82) is 0 Å². The van der Waals surface area contributed by atoms with Crippen LogP contribution >= 0.6 is 0 Å². The van der Waals surface area contributed by atoms with E-state index in [1.54, 1.807) is 0 Å². The molecule has 0 radical (unpaired) electrons. The predicted molar refractivity (Wildman–Crippen MR) is 86.8 cm³/mol. The number of carbonyl (C=O) groups excluding carboxylic acids is 1. The summed E-state index contributed by atoms with van der Waals surface area (Å²) in [4.78, 5) is 12.0. The second-order valence-electron chi connectivity index (χ2n) is 6.31. The molecule has 0 bridgehead atoms. The monoisotopic (exact) mass is 306 g/mol. The molecule has 0 heterocycles. The molecule has 5 heteroatoms. The fraction of sp³-hybridized carbons (Fsp3) is 0.588. The van der Waals surface area contributed by atoms with Gasteiger partial charge in [-0.05, 0) is 49.8 Å². The Balaban J connectivity index is 1.84. The third-order valence-electron chi connectivity index (χ3n) is 4.05. The van der Waals surface area contributed by atoms with E-state index in [1.807, 2.05) is 38.1 Å². The fourth-order valence-electron chi connectivity index (χ4n) is 2.04. The minimum Gasteiger partial charge on any atom is -0.394 e. The highest BCUT2D eigenvalue weighted by molar-refractivity contribution is 5.89. The van der Waals surface area contributed by atoms with Crippen LogP contribution in [0.3, 0.4) is 0 Å². The first-order valence-corrected chi connectivity index (χ1v) is 7.91. The molecule has 0 spiro atoms. The van der Waals surface area contributed by atoms with Crippen molar-refractivity contribution in [3.8, 4) is 0 Å². The highest BCUT2D eigenvalue weighted by Gasteiger charge is 2.23. The molecule has 0 aromatic heterocycles. The lowest BCUT2D eigenvalue weighted by Crippen LogP contribution is -2.50. The second-order valence-corrected chi connectivity index (χ2v) is 6.31. The number of nitrogens with one attached hydrogen (secondary N) is 2. The van der Waals surface area contributed by atoms with Crippen molar-refractivity contribution in [3.63, 3.8) is 0 Å². The van der Waals surface area contributed by atoms with Crippen LogP contribution in [0.25, 0.3) is 0 Å². The van der Waals surface area contributed by atoms with Crippen LogP contribution in [0.1, 0.15) is 38.7 Å². The minimum atomic E-state index is -0.602. The third kappa shape index (κ3) is 5.31. The van der Waals surface area contributed by atoms with Crippen LogP contribution in [0.5, 0.6) is 0 Å². The van der Waals surface area contributed by atoms with Gasteiger partial charge >= 0.3 is 6.03 Å². The molecule has 2 amide bonds. The molecule has 1 unspecified atom stereocenters. The average molecular weight is 306 g/mol.